The second-order valence-corrected chi connectivity index (χ2v) is 7.23. The fourth-order valence-electron chi connectivity index (χ4n) is 3.96. The van der Waals surface area contributed by atoms with E-state index in [0.29, 0.717) is 28.6 Å². The van der Waals surface area contributed by atoms with Crippen molar-refractivity contribution in [1.82, 2.24) is 19.5 Å². The van der Waals surface area contributed by atoms with Gasteiger partial charge in [-0.25, -0.2) is 19.3 Å². The van der Waals surface area contributed by atoms with Gasteiger partial charge in [0.1, 0.15) is 11.5 Å². The summed E-state index contributed by atoms with van der Waals surface area (Å²) in [5.41, 5.74) is 4.33. The highest BCUT2D eigenvalue weighted by Crippen LogP contribution is 2.35. The third-order valence-corrected chi connectivity index (χ3v) is 5.42. The summed E-state index contributed by atoms with van der Waals surface area (Å²) in [6.45, 7) is 0. The van der Waals surface area contributed by atoms with E-state index < -0.39 is 0 Å². The zero-order valence-electron chi connectivity index (χ0n) is 16.0. The lowest BCUT2D eigenvalue weighted by Gasteiger charge is -2.16. The molecule has 1 atom stereocenters. The molecule has 5 rings (SSSR count). The Hall–Kier alpha value is -3.54. The van der Waals surface area contributed by atoms with Crippen LogP contribution in [0.5, 0.6) is 0 Å². The van der Waals surface area contributed by atoms with Gasteiger partial charge in [0, 0.05) is 36.8 Å². The van der Waals surface area contributed by atoms with Crippen LogP contribution in [0.1, 0.15) is 23.6 Å². The molecule has 2 heterocycles. The van der Waals surface area contributed by atoms with Crippen molar-refractivity contribution in [2.24, 2.45) is 7.05 Å². The average Bonchev–Trinajstić information content (AvgIpc) is 3.35. The molecule has 4 aromatic rings. The van der Waals surface area contributed by atoms with Gasteiger partial charge in [-0.2, -0.15) is 0 Å². The number of hydrogen-bond acceptors (Lipinski definition) is 4. The van der Waals surface area contributed by atoms with Crippen LogP contribution in [0.25, 0.3) is 22.6 Å². The van der Waals surface area contributed by atoms with Crippen molar-refractivity contribution in [3.05, 3.63) is 84.1 Å². The topological polar surface area (TPSA) is 55.6 Å². The van der Waals surface area contributed by atoms with Crippen LogP contribution in [0.2, 0.25) is 0 Å². The zero-order valence-corrected chi connectivity index (χ0v) is 16.0. The van der Waals surface area contributed by atoms with Gasteiger partial charge in [-0.05, 0) is 30.0 Å². The molecule has 1 aliphatic rings. The minimum absolute atomic E-state index is 0.166. The lowest BCUT2D eigenvalue weighted by atomic mass is 10.0. The van der Waals surface area contributed by atoms with Crippen molar-refractivity contribution < 1.29 is 4.39 Å². The number of halogens is 1. The molecule has 0 spiro atoms. The number of aromatic nitrogens is 4. The molecule has 0 aliphatic heterocycles. The van der Waals surface area contributed by atoms with E-state index in [1.165, 1.54) is 17.2 Å². The van der Waals surface area contributed by atoms with E-state index in [2.05, 4.69) is 39.6 Å². The average molecular weight is 385 g/mol. The molecule has 0 amide bonds. The summed E-state index contributed by atoms with van der Waals surface area (Å²) in [6.07, 6.45) is 7.27. The van der Waals surface area contributed by atoms with E-state index in [1.807, 2.05) is 23.9 Å². The molecule has 0 fully saturated rings. The lowest BCUT2D eigenvalue weighted by molar-refractivity contribution is 0.631. The van der Waals surface area contributed by atoms with Crippen LogP contribution in [0, 0.1) is 5.82 Å². The van der Waals surface area contributed by atoms with E-state index in [9.17, 15) is 4.39 Å². The monoisotopic (exact) mass is 385 g/mol. The SMILES string of the molecule is Cn1ccnc1-c1nc(NC2CCc3ccccc32)ncc1-c1ccccc1F. The molecular formula is C23H20FN5. The summed E-state index contributed by atoms with van der Waals surface area (Å²) in [5.74, 6) is 0.877. The number of benzene rings is 2. The summed E-state index contributed by atoms with van der Waals surface area (Å²) in [6, 6.07) is 15.3. The van der Waals surface area contributed by atoms with Gasteiger partial charge in [-0.3, -0.25) is 0 Å². The van der Waals surface area contributed by atoms with Crippen LogP contribution in [0.15, 0.2) is 67.1 Å². The molecule has 0 radical (unpaired) electrons. The summed E-state index contributed by atoms with van der Waals surface area (Å²) in [4.78, 5) is 13.7. The minimum atomic E-state index is -0.308. The Bertz CT molecular complexity index is 1180. The summed E-state index contributed by atoms with van der Waals surface area (Å²) in [5, 5.41) is 3.46. The smallest absolute Gasteiger partial charge is 0.223 e. The first-order valence-electron chi connectivity index (χ1n) is 9.64. The summed E-state index contributed by atoms with van der Waals surface area (Å²) >= 11 is 0. The Kier molecular flexibility index (Phi) is 4.31. The molecule has 1 unspecified atom stereocenters. The largest absolute Gasteiger partial charge is 0.347 e. The quantitative estimate of drug-likeness (QED) is 0.549. The molecule has 6 heteroatoms. The fourth-order valence-corrected chi connectivity index (χ4v) is 3.96. The zero-order chi connectivity index (χ0) is 19.8. The van der Waals surface area contributed by atoms with Crippen LogP contribution >= 0.6 is 0 Å². The van der Waals surface area contributed by atoms with Crippen molar-refractivity contribution in [1.29, 1.82) is 0 Å². The van der Waals surface area contributed by atoms with E-state index in [0.717, 1.165) is 12.8 Å². The molecule has 0 bridgehead atoms. The van der Waals surface area contributed by atoms with Gasteiger partial charge in [0.15, 0.2) is 5.82 Å². The van der Waals surface area contributed by atoms with Crippen LogP contribution in [0.4, 0.5) is 10.3 Å². The van der Waals surface area contributed by atoms with E-state index in [1.54, 1.807) is 24.5 Å². The summed E-state index contributed by atoms with van der Waals surface area (Å²) < 4.78 is 16.4. The van der Waals surface area contributed by atoms with Crippen LogP contribution in [-0.2, 0) is 13.5 Å². The molecule has 1 N–H and O–H groups in total. The van der Waals surface area contributed by atoms with E-state index in [4.69, 9.17) is 4.98 Å². The first-order valence-corrected chi connectivity index (χ1v) is 9.64. The first-order chi connectivity index (χ1) is 14.2. The van der Waals surface area contributed by atoms with Gasteiger partial charge in [0.05, 0.1) is 6.04 Å². The van der Waals surface area contributed by atoms with Gasteiger partial charge in [0.25, 0.3) is 0 Å². The van der Waals surface area contributed by atoms with E-state index >= 15 is 0 Å². The van der Waals surface area contributed by atoms with Gasteiger partial charge < -0.3 is 9.88 Å². The highest BCUT2D eigenvalue weighted by molar-refractivity contribution is 5.78. The van der Waals surface area contributed by atoms with Gasteiger partial charge in [-0.15, -0.1) is 0 Å². The molecule has 2 aromatic heterocycles. The van der Waals surface area contributed by atoms with Crippen LogP contribution in [-0.4, -0.2) is 19.5 Å². The van der Waals surface area contributed by atoms with E-state index in [-0.39, 0.29) is 11.9 Å². The van der Waals surface area contributed by atoms with Crippen molar-refractivity contribution in [2.75, 3.05) is 5.32 Å². The normalized spacial score (nSPS) is 15.3. The van der Waals surface area contributed by atoms with Gasteiger partial charge in [0.2, 0.25) is 5.95 Å². The Morgan fingerprint density at radius 1 is 1.03 bits per heavy atom. The maximum Gasteiger partial charge on any atom is 0.223 e. The van der Waals surface area contributed by atoms with Crippen molar-refractivity contribution >= 4 is 5.95 Å². The predicted octanol–water partition coefficient (Wildman–Crippen LogP) is 4.78. The third-order valence-electron chi connectivity index (χ3n) is 5.42. The Labute approximate surface area is 168 Å². The van der Waals surface area contributed by atoms with Crippen LogP contribution in [0.3, 0.4) is 0 Å². The molecule has 29 heavy (non-hydrogen) atoms. The maximum atomic E-state index is 14.5. The molecule has 5 nitrogen and oxygen atoms in total. The van der Waals surface area contributed by atoms with Gasteiger partial charge >= 0.3 is 0 Å². The van der Waals surface area contributed by atoms with Crippen LogP contribution < -0.4 is 5.32 Å². The molecule has 2 aromatic carbocycles. The number of rotatable bonds is 4. The molecule has 0 saturated carbocycles. The standard InChI is InChI=1S/C23H20FN5/c1-29-13-12-25-22(29)21-18(17-8-4-5-9-19(17)24)14-26-23(28-21)27-20-11-10-15-6-2-3-7-16(15)20/h2-9,12-14,20H,10-11H2,1H3,(H,26,27,28). The molecular weight excluding hydrogens is 365 g/mol. The molecule has 1 aliphatic carbocycles. The second-order valence-electron chi connectivity index (χ2n) is 7.23. The number of nitrogens with one attached hydrogen (secondary N) is 1. The highest BCUT2D eigenvalue weighted by Gasteiger charge is 2.24. The Morgan fingerprint density at radius 3 is 2.69 bits per heavy atom. The van der Waals surface area contributed by atoms with Crippen molar-refractivity contribution in [3.8, 4) is 22.6 Å². The van der Waals surface area contributed by atoms with Crippen molar-refractivity contribution in [2.45, 2.75) is 18.9 Å². The number of imidazole rings is 1. The Morgan fingerprint density at radius 2 is 1.86 bits per heavy atom. The van der Waals surface area contributed by atoms with Crippen molar-refractivity contribution in [3.63, 3.8) is 0 Å². The number of aryl methyl sites for hydroxylation is 2. The van der Waals surface area contributed by atoms with Gasteiger partial charge in [-0.1, -0.05) is 42.5 Å². The number of fused-ring (bicyclic) bond motifs is 1. The minimum Gasteiger partial charge on any atom is -0.347 e. The lowest BCUT2D eigenvalue weighted by Crippen LogP contribution is -2.11. The third kappa shape index (κ3) is 3.16. The Balaban J connectivity index is 1.57. The number of hydrogen-bond donors (Lipinski definition) is 1. The fraction of sp³-hybridized carbons (Fsp3) is 0.174. The predicted molar refractivity (Wildman–Crippen MR) is 111 cm³/mol. The molecule has 144 valence electrons. The molecule has 0 saturated heterocycles. The first kappa shape index (κ1) is 17.6. The maximum absolute atomic E-state index is 14.5. The number of anilines is 1. The highest BCUT2D eigenvalue weighted by atomic mass is 19.1. The second kappa shape index (κ2) is 7.13. The number of nitrogens with zero attached hydrogens (tertiary/aromatic N) is 4. The summed E-state index contributed by atoms with van der Waals surface area (Å²) in [7, 11) is 1.90.